The summed E-state index contributed by atoms with van der Waals surface area (Å²) in [5.74, 6) is 0.0817. The van der Waals surface area contributed by atoms with Crippen molar-refractivity contribution >= 4 is 39.2 Å². The quantitative estimate of drug-likeness (QED) is 0.761. The lowest BCUT2D eigenvalue weighted by molar-refractivity contribution is -0.125. The largest absolute Gasteiger partial charge is 0.346 e. The molecule has 2 N–H and O–H groups in total. The van der Waals surface area contributed by atoms with Crippen molar-refractivity contribution in [3.8, 4) is 11.4 Å². The molecular weight excluding hydrogens is 326 g/mol. The third-order valence-electron chi connectivity index (χ3n) is 4.24. The van der Waals surface area contributed by atoms with Crippen LogP contribution in [0.2, 0.25) is 0 Å². The van der Waals surface area contributed by atoms with Crippen LogP contribution in [-0.2, 0) is 9.59 Å². The van der Waals surface area contributed by atoms with E-state index >= 15 is 0 Å². The van der Waals surface area contributed by atoms with Crippen LogP contribution < -0.4 is 5.32 Å². The fourth-order valence-corrected chi connectivity index (χ4v) is 3.62. The number of carbonyl (C=O) groups excluding carboxylic acids is 2. The summed E-state index contributed by atoms with van der Waals surface area (Å²) in [4.78, 5) is 39.6. The number of carbonyl (C=O) groups is 2. The highest BCUT2D eigenvalue weighted by atomic mass is 32.1. The molecule has 0 spiro atoms. The molecule has 3 aromatic rings. The summed E-state index contributed by atoms with van der Waals surface area (Å²) < 4.78 is 0. The molecule has 1 aliphatic rings. The van der Waals surface area contributed by atoms with Gasteiger partial charge in [0.25, 0.3) is 0 Å². The van der Waals surface area contributed by atoms with E-state index in [9.17, 15) is 9.59 Å². The Bertz CT molecular complexity index is 912. The number of nitrogens with zero attached hydrogens (tertiary/aromatic N) is 3. The number of aromatic nitrogens is 4. The smallest absolute Gasteiger partial charge is 0.229 e. The average molecular weight is 343 g/mol. The van der Waals surface area contributed by atoms with Crippen LogP contribution in [0.25, 0.3) is 22.4 Å². The Morgan fingerprint density at radius 2 is 2.17 bits per heavy atom. The van der Waals surface area contributed by atoms with Crippen LogP contribution in [0.4, 0.5) is 5.13 Å². The Kier molecular flexibility index (Phi) is 3.81. The van der Waals surface area contributed by atoms with Crippen molar-refractivity contribution in [3.63, 3.8) is 0 Å². The summed E-state index contributed by atoms with van der Waals surface area (Å²) in [6.07, 6.45) is 5.53. The lowest BCUT2D eigenvalue weighted by Gasteiger charge is -2.19. The number of hydrogen-bond acceptors (Lipinski definition) is 6. The first-order valence-electron chi connectivity index (χ1n) is 7.77. The third kappa shape index (κ3) is 2.80. The summed E-state index contributed by atoms with van der Waals surface area (Å²) >= 11 is 1.37. The van der Waals surface area contributed by atoms with Crippen molar-refractivity contribution < 1.29 is 11.0 Å². The lowest BCUT2D eigenvalue weighted by atomic mass is 9.88. The maximum Gasteiger partial charge on any atom is 0.229 e. The monoisotopic (exact) mass is 343 g/mol. The Balaban J connectivity index is 0.00000182. The summed E-state index contributed by atoms with van der Waals surface area (Å²) in [6, 6.07) is 1.90. The molecule has 0 unspecified atom stereocenters. The van der Waals surface area contributed by atoms with Gasteiger partial charge in [-0.3, -0.25) is 9.59 Å². The van der Waals surface area contributed by atoms with Gasteiger partial charge in [0.2, 0.25) is 5.91 Å². The van der Waals surface area contributed by atoms with E-state index < -0.39 is 0 Å². The zero-order chi connectivity index (χ0) is 16.5. The molecule has 3 heterocycles. The number of anilines is 1. The van der Waals surface area contributed by atoms with E-state index in [0.717, 1.165) is 16.7 Å². The minimum atomic E-state index is -0.106. The number of amides is 1. The molecule has 24 heavy (non-hydrogen) atoms. The van der Waals surface area contributed by atoms with Gasteiger partial charge in [-0.2, -0.15) is 0 Å². The van der Waals surface area contributed by atoms with E-state index in [1.165, 1.54) is 17.7 Å². The van der Waals surface area contributed by atoms with Gasteiger partial charge >= 0.3 is 0 Å². The van der Waals surface area contributed by atoms with Crippen LogP contribution >= 0.6 is 11.3 Å². The van der Waals surface area contributed by atoms with Gasteiger partial charge in [-0.15, -0.1) is 11.3 Å². The summed E-state index contributed by atoms with van der Waals surface area (Å²) in [6.45, 7) is 0. The second-order valence-electron chi connectivity index (χ2n) is 5.80. The van der Waals surface area contributed by atoms with Gasteiger partial charge in [0.1, 0.15) is 29.1 Å². The molecule has 0 bridgehead atoms. The lowest BCUT2D eigenvalue weighted by Crippen LogP contribution is -2.27. The van der Waals surface area contributed by atoms with Crippen LogP contribution in [0.3, 0.4) is 0 Å². The molecule has 0 saturated heterocycles. The van der Waals surface area contributed by atoms with Gasteiger partial charge in [-0.25, -0.2) is 15.0 Å². The second kappa shape index (κ2) is 6.12. The van der Waals surface area contributed by atoms with E-state index in [1.54, 1.807) is 0 Å². The number of ketones is 1. The molecule has 124 valence electrons. The first-order valence-corrected chi connectivity index (χ1v) is 8.65. The van der Waals surface area contributed by atoms with Crippen LogP contribution in [-0.4, -0.2) is 31.6 Å². The number of fused-ring (bicyclic) bond motifs is 1. The molecule has 1 amide bonds. The zero-order valence-electron chi connectivity index (χ0n) is 12.8. The molecule has 1 fully saturated rings. The first-order chi connectivity index (χ1) is 11.7. The van der Waals surface area contributed by atoms with Crippen molar-refractivity contribution in [2.75, 3.05) is 5.32 Å². The van der Waals surface area contributed by atoms with Crippen LogP contribution in [0, 0.1) is 5.92 Å². The Morgan fingerprint density at radius 1 is 1.33 bits per heavy atom. The highest BCUT2D eigenvalue weighted by Crippen LogP contribution is 2.29. The van der Waals surface area contributed by atoms with Gasteiger partial charge in [-0.05, 0) is 18.9 Å². The molecule has 0 aliphatic heterocycles. The van der Waals surface area contributed by atoms with Gasteiger partial charge in [0.05, 0.1) is 0 Å². The van der Waals surface area contributed by atoms with Crippen LogP contribution in [0.15, 0.2) is 24.0 Å². The topological polar surface area (TPSA) is 101 Å². The molecular formula is C16H17N5O2S. The summed E-state index contributed by atoms with van der Waals surface area (Å²) in [5.41, 5.74) is 2.20. The molecule has 1 saturated carbocycles. The third-order valence-corrected chi connectivity index (χ3v) is 5.00. The molecule has 0 atom stereocenters. The number of hydrogen-bond donors (Lipinski definition) is 2. The van der Waals surface area contributed by atoms with Crippen LogP contribution in [0.5, 0.6) is 0 Å². The molecule has 1 aliphatic carbocycles. The van der Waals surface area contributed by atoms with Crippen LogP contribution in [0.1, 0.15) is 27.1 Å². The fourth-order valence-electron chi connectivity index (χ4n) is 2.93. The number of H-pyrrole nitrogens is 1. The minimum absolute atomic E-state index is 0. The maximum atomic E-state index is 12.3. The predicted octanol–water partition coefficient (Wildman–Crippen LogP) is 3.03. The van der Waals surface area contributed by atoms with Gasteiger partial charge in [0, 0.05) is 37.1 Å². The number of Topliss-reactive ketones (excluding diaryl/α,β-unsaturated/α-hetero) is 1. The molecule has 7 nitrogen and oxygen atoms in total. The summed E-state index contributed by atoms with van der Waals surface area (Å²) in [5, 5.41) is 6.18. The highest BCUT2D eigenvalue weighted by Gasteiger charge is 2.25. The fraction of sp³-hybridized carbons (Fsp3) is 0.312. The SMILES string of the molecule is O=C1CCC(C(=O)Nc2nc(-c3ncnc4[nH]ccc34)cs2)CC1.[HH]. The molecule has 4 rings (SSSR count). The van der Waals surface area contributed by atoms with Gasteiger partial charge in [0.15, 0.2) is 5.13 Å². The van der Waals surface area contributed by atoms with E-state index in [-0.39, 0.29) is 19.0 Å². The van der Waals surface area contributed by atoms with E-state index in [0.29, 0.717) is 36.5 Å². The van der Waals surface area contributed by atoms with Crippen molar-refractivity contribution in [1.29, 1.82) is 0 Å². The normalized spacial score (nSPS) is 15.8. The molecule has 3 aromatic heterocycles. The van der Waals surface area contributed by atoms with Crippen molar-refractivity contribution in [1.82, 2.24) is 19.9 Å². The standard InChI is InChI=1S/C16H15N5O2S.H2/c22-10-3-1-9(2-4-10)15(23)21-16-20-12(7-24-16)13-11-5-6-17-14(11)19-8-18-13;/h5-9H,1-4H2,(H,17,18,19)(H,20,21,23);1H. The highest BCUT2D eigenvalue weighted by molar-refractivity contribution is 7.14. The minimum Gasteiger partial charge on any atom is -0.346 e. The first kappa shape index (κ1) is 14.9. The molecule has 0 radical (unpaired) electrons. The Labute approximate surface area is 143 Å². The number of rotatable bonds is 3. The van der Waals surface area contributed by atoms with Gasteiger partial charge < -0.3 is 10.3 Å². The number of aromatic amines is 1. The van der Waals surface area contributed by atoms with Gasteiger partial charge in [-0.1, -0.05) is 0 Å². The van der Waals surface area contributed by atoms with E-state index in [4.69, 9.17) is 0 Å². The number of thiazole rings is 1. The second-order valence-corrected chi connectivity index (χ2v) is 6.66. The van der Waals surface area contributed by atoms with E-state index in [2.05, 4.69) is 25.3 Å². The van der Waals surface area contributed by atoms with Crippen molar-refractivity contribution in [3.05, 3.63) is 24.0 Å². The summed E-state index contributed by atoms with van der Waals surface area (Å²) in [7, 11) is 0. The zero-order valence-corrected chi connectivity index (χ0v) is 13.6. The number of nitrogens with one attached hydrogen (secondary N) is 2. The average Bonchev–Trinajstić information content (AvgIpc) is 3.24. The van der Waals surface area contributed by atoms with E-state index in [1.807, 2.05) is 17.6 Å². The molecule has 8 heteroatoms. The maximum absolute atomic E-state index is 12.3. The molecule has 0 aromatic carbocycles. The Hall–Kier alpha value is -2.61. The van der Waals surface area contributed by atoms with Crippen molar-refractivity contribution in [2.45, 2.75) is 25.7 Å². The Morgan fingerprint density at radius 3 is 3.00 bits per heavy atom. The predicted molar refractivity (Wildman–Crippen MR) is 92.7 cm³/mol. The van der Waals surface area contributed by atoms with Crippen molar-refractivity contribution in [2.24, 2.45) is 5.92 Å².